The summed E-state index contributed by atoms with van der Waals surface area (Å²) in [6.45, 7) is 9.27. The Balaban J connectivity index is 0.000000174. The van der Waals surface area contributed by atoms with Crippen molar-refractivity contribution < 1.29 is 0 Å². The zero-order valence-electron chi connectivity index (χ0n) is 16.2. The monoisotopic (exact) mass is 358 g/mol. The van der Waals surface area contributed by atoms with Crippen molar-refractivity contribution in [2.24, 2.45) is 34.6 Å². The highest BCUT2D eigenvalue weighted by Gasteiger charge is 1.88. The molecule has 10 heteroatoms. The van der Waals surface area contributed by atoms with Crippen LogP contribution in [-0.4, -0.2) is 43.1 Å². The number of aryl methyl sites for hydroxylation is 4. The highest BCUT2D eigenvalue weighted by atomic mass is 15.4. The molecule has 0 N–H and O–H groups in total. The molecule has 0 bridgehead atoms. The standard InChI is InChI=1S/2C4H7N3.2C4H6N2/c2*1-4-3-7(2)6-5-4;2*1-4-2-3-5-6-4/h2*3H,1-2H3;2*2H,3H2,1H3. The first-order valence-electron chi connectivity index (χ1n) is 8.11. The van der Waals surface area contributed by atoms with Crippen molar-refractivity contribution in [3.63, 3.8) is 0 Å². The molecule has 0 aliphatic carbocycles. The maximum atomic E-state index is 3.73. The van der Waals surface area contributed by atoms with Crippen LogP contribution in [0.4, 0.5) is 0 Å². The molecule has 2 aliphatic heterocycles. The number of hydrogen-bond acceptors (Lipinski definition) is 8. The van der Waals surface area contributed by atoms with Crippen molar-refractivity contribution in [1.29, 1.82) is 0 Å². The lowest BCUT2D eigenvalue weighted by Crippen LogP contribution is -1.85. The molecule has 4 rings (SSSR count). The van der Waals surface area contributed by atoms with Crippen LogP contribution in [0.2, 0.25) is 0 Å². The lowest BCUT2D eigenvalue weighted by Gasteiger charge is -1.75. The Bertz CT molecular complexity index is 674. The molecule has 0 saturated carbocycles. The maximum Gasteiger partial charge on any atom is 0.0805 e. The van der Waals surface area contributed by atoms with Gasteiger partial charge in [0.15, 0.2) is 0 Å². The molecule has 140 valence electrons. The van der Waals surface area contributed by atoms with E-state index < -0.39 is 0 Å². The van der Waals surface area contributed by atoms with E-state index in [0.29, 0.717) is 0 Å². The number of allylic oxidation sites excluding steroid dienone is 2. The van der Waals surface area contributed by atoms with Crippen LogP contribution >= 0.6 is 0 Å². The van der Waals surface area contributed by atoms with Crippen molar-refractivity contribution in [1.82, 2.24) is 30.0 Å². The van der Waals surface area contributed by atoms with Gasteiger partial charge in [-0.2, -0.15) is 20.5 Å². The Morgan fingerprint density at radius 1 is 0.692 bits per heavy atom. The van der Waals surface area contributed by atoms with E-state index in [2.05, 4.69) is 41.1 Å². The Labute approximate surface area is 153 Å². The second-order valence-electron chi connectivity index (χ2n) is 5.61. The van der Waals surface area contributed by atoms with Gasteiger partial charge >= 0.3 is 0 Å². The molecule has 0 radical (unpaired) electrons. The van der Waals surface area contributed by atoms with Gasteiger partial charge in [0.1, 0.15) is 0 Å². The Kier molecular flexibility index (Phi) is 9.29. The summed E-state index contributed by atoms with van der Waals surface area (Å²) in [5, 5.41) is 29.7. The van der Waals surface area contributed by atoms with Gasteiger partial charge < -0.3 is 0 Å². The van der Waals surface area contributed by atoms with Crippen LogP contribution in [0.5, 0.6) is 0 Å². The summed E-state index contributed by atoms with van der Waals surface area (Å²) >= 11 is 0. The minimum atomic E-state index is 0.784. The third-order valence-corrected chi connectivity index (χ3v) is 2.83. The van der Waals surface area contributed by atoms with E-state index in [4.69, 9.17) is 0 Å². The van der Waals surface area contributed by atoms with Gasteiger partial charge in [-0.25, -0.2) is 0 Å². The molecule has 0 aromatic carbocycles. The van der Waals surface area contributed by atoms with E-state index >= 15 is 0 Å². The number of azo groups is 2. The highest BCUT2D eigenvalue weighted by Crippen LogP contribution is 2.01. The Morgan fingerprint density at radius 2 is 1.08 bits per heavy atom. The van der Waals surface area contributed by atoms with Crippen LogP contribution in [-0.2, 0) is 14.1 Å². The summed E-state index contributed by atoms with van der Waals surface area (Å²) in [7, 11) is 3.69. The van der Waals surface area contributed by atoms with Crippen molar-refractivity contribution in [3.8, 4) is 0 Å². The van der Waals surface area contributed by atoms with Crippen molar-refractivity contribution in [3.05, 3.63) is 47.3 Å². The predicted molar refractivity (Wildman–Crippen MR) is 98.4 cm³/mol. The second-order valence-corrected chi connectivity index (χ2v) is 5.61. The summed E-state index contributed by atoms with van der Waals surface area (Å²) in [5.74, 6) is 0. The van der Waals surface area contributed by atoms with Crippen molar-refractivity contribution in [2.75, 3.05) is 13.1 Å². The van der Waals surface area contributed by atoms with E-state index in [0.717, 1.165) is 35.9 Å². The van der Waals surface area contributed by atoms with E-state index in [1.54, 1.807) is 9.36 Å². The van der Waals surface area contributed by atoms with E-state index in [1.807, 2.05) is 66.3 Å². The summed E-state index contributed by atoms with van der Waals surface area (Å²) in [4.78, 5) is 0. The zero-order valence-corrected chi connectivity index (χ0v) is 16.2. The van der Waals surface area contributed by atoms with Gasteiger partial charge in [-0.1, -0.05) is 10.4 Å². The summed E-state index contributed by atoms with van der Waals surface area (Å²) in [6.07, 6.45) is 7.69. The third-order valence-electron chi connectivity index (χ3n) is 2.83. The van der Waals surface area contributed by atoms with Crippen molar-refractivity contribution >= 4 is 0 Å². The van der Waals surface area contributed by atoms with Crippen molar-refractivity contribution in [2.45, 2.75) is 27.7 Å². The Morgan fingerprint density at radius 3 is 1.15 bits per heavy atom. The van der Waals surface area contributed by atoms with Crippen LogP contribution in [0.1, 0.15) is 25.2 Å². The minimum absolute atomic E-state index is 0.784. The molecule has 10 nitrogen and oxygen atoms in total. The summed E-state index contributed by atoms with van der Waals surface area (Å²) in [6, 6.07) is 0. The summed E-state index contributed by atoms with van der Waals surface area (Å²) in [5.41, 5.74) is 4.00. The molecular weight excluding hydrogens is 332 g/mol. The average molecular weight is 358 g/mol. The number of nitrogens with zero attached hydrogens (tertiary/aromatic N) is 10. The van der Waals surface area contributed by atoms with Crippen LogP contribution in [0.25, 0.3) is 0 Å². The van der Waals surface area contributed by atoms with E-state index in [1.165, 1.54) is 0 Å². The molecule has 0 fully saturated rings. The van der Waals surface area contributed by atoms with Gasteiger partial charge in [0, 0.05) is 26.5 Å². The fourth-order valence-corrected chi connectivity index (χ4v) is 1.66. The van der Waals surface area contributed by atoms with Gasteiger partial charge in [-0.15, -0.1) is 10.2 Å². The topological polar surface area (TPSA) is 111 Å². The van der Waals surface area contributed by atoms with Crippen LogP contribution in [0.15, 0.2) is 56.4 Å². The Hall–Kier alpha value is -3.04. The largest absolute Gasteiger partial charge is 0.255 e. The number of hydrogen-bond donors (Lipinski definition) is 0. The van der Waals surface area contributed by atoms with Crippen LogP contribution in [0, 0.1) is 13.8 Å². The molecular formula is C16H26N10. The molecule has 0 unspecified atom stereocenters. The van der Waals surface area contributed by atoms with Crippen LogP contribution < -0.4 is 0 Å². The van der Waals surface area contributed by atoms with Crippen LogP contribution in [0.3, 0.4) is 0 Å². The molecule has 2 aliphatic rings. The number of rotatable bonds is 0. The molecule has 0 atom stereocenters. The minimum Gasteiger partial charge on any atom is -0.255 e. The molecule has 2 aromatic rings. The average Bonchev–Trinajstić information content (AvgIpc) is 3.36. The van der Waals surface area contributed by atoms with Gasteiger partial charge in [-0.3, -0.25) is 9.36 Å². The third kappa shape index (κ3) is 9.96. The highest BCUT2D eigenvalue weighted by molar-refractivity contribution is 5.00. The zero-order chi connectivity index (χ0) is 19.4. The quantitative estimate of drug-likeness (QED) is 0.720. The molecule has 0 amide bonds. The maximum absolute atomic E-state index is 3.73. The van der Waals surface area contributed by atoms with Gasteiger partial charge in [-0.05, 0) is 39.8 Å². The SMILES string of the molecule is CC1=CCN=N1.CC1=CCN=N1.Cc1cn(C)nn1.Cc1cn(C)nn1. The molecule has 26 heavy (non-hydrogen) atoms. The summed E-state index contributed by atoms with van der Waals surface area (Å²) < 4.78 is 3.35. The lowest BCUT2D eigenvalue weighted by molar-refractivity contribution is 0.714. The second kappa shape index (κ2) is 11.5. The fourth-order valence-electron chi connectivity index (χ4n) is 1.66. The van der Waals surface area contributed by atoms with Gasteiger partial charge in [0.25, 0.3) is 0 Å². The predicted octanol–water partition coefficient (Wildman–Crippen LogP) is 2.96. The molecule has 4 heterocycles. The van der Waals surface area contributed by atoms with Gasteiger partial charge in [0.2, 0.25) is 0 Å². The van der Waals surface area contributed by atoms with E-state index in [-0.39, 0.29) is 0 Å². The molecule has 0 spiro atoms. The normalized spacial score (nSPS) is 13.6. The first-order chi connectivity index (χ1) is 12.4. The molecule has 0 saturated heterocycles. The fraction of sp³-hybridized carbons (Fsp3) is 0.500. The smallest absolute Gasteiger partial charge is 0.0805 e. The van der Waals surface area contributed by atoms with Gasteiger partial charge in [0.05, 0.1) is 35.9 Å². The molecule has 2 aromatic heterocycles. The first kappa shape index (κ1) is 21.0. The first-order valence-corrected chi connectivity index (χ1v) is 8.11. The number of aromatic nitrogens is 6. The van der Waals surface area contributed by atoms with E-state index in [9.17, 15) is 0 Å². The lowest BCUT2D eigenvalue weighted by atomic mass is 10.5.